The van der Waals surface area contributed by atoms with Gasteiger partial charge in [-0.15, -0.1) is 0 Å². The van der Waals surface area contributed by atoms with Crippen LogP contribution in [0.5, 0.6) is 5.88 Å². The van der Waals surface area contributed by atoms with Crippen LogP contribution in [0, 0.1) is 5.92 Å². The number of nitrogens with zero attached hydrogens (tertiary/aromatic N) is 2. The summed E-state index contributed by atoms with van der Waals surface area (Å²) >= 11 is 0. The smallest absolute Gasteiger partial charge is 0.416 e. The normalized spacial score (nSPS) is 18.0. The third-order valence-corrected chi connectivity index (χ3v) is 5.78. The van der Waals surface area contributed by atoms with E-state index in [-0.39, 0.29) is 29.1 Å². The molecule has 190 valence electrons. The molecule has 3 aromatic rings. The molecule has 2 aromatic heterocycles. The van der Waals surface area contributed by atoms with Crippen LogP contribution in [0.1, 0.15) is 36.8 Å². The van der Waals surface area contributed by atoms with Crippen molar-refractivity contribution in [1.82, 2.24) is 9.55 Å². The molecule has 0 saturated carbocycles. The largest absolute Gasteiger partial charge is 0.481 e. The van der Waals surface area contributed by atoms with Crippen molar-refractivity contribution < 1.29 is 31.8 Å². The van der Waals surface area contributed by atoms with Crippen molar-refractivity contribution in [2.75, 3.05) is 7.11 Å². The van der Waals surface area contributed by atoms with Gasteiger partial charge in [-0.1, -0.05) is 24.3 Å². The third-order valence-electron chi connectivity index (χ3n) is 5.78. The molecule has 2 heterocycles. The minimum atomic E-state index is -4.61. The zero-order chi connectivity index (χ0) is 26.3. The number of hydrogen-bond donors (Lipinski definition) is 0. The molecule has 0 saturated heterocycles. The average molecular weight is 503 g/mol. The fourth-order valence-corrected chi connectivity index (χ4v) is 4.27. The number of ether oxygens (including phenoxy) is 2. The van der Waals surface area contributed by atoms with E-state index in [1.807, 2.05) is 0 Å². The molecule has 4 rings (SSSR count). The molecule has 2 unspecified atom stereocenters. The number of halogens is 4. The van der Waals surface area contributed by atoms with Gasteiger partial charge in [0.2, 0.25) is 5.88 Å². The maximum absolute atomic E-state index is 14.8. The first-order chi connectivity index (χ1) is 16.9. The van der Waals surface area contributed by atoms with Gasteiger partial charge in [-0.25, -0.2) is 14.2 Å². The molecule has 1 aromatic carbocycles. The second-order valence-corrected chi connectivity index (χ2v) is 9.50. The zero-order valence-electron chi connectivity index (χ0n) is 20.3. The standard InChI is InChI=1S/C27H26F4N2O3/c1-26(2,3)36-25(34)23-22(18-9-7-13-32-24(18)35-4)19-14-17(27(29,30)31)11-12-21(19)33(23)15-16-8-5-6-10-20(16)28/h5-14,16,20H,15H2,1-4H3. The van der Waals surface area contributed by atoms with Gasteiger partial charge in [-0.2, -0.15) is 13.2 Å². The van der Waals surface area contributed by atoms with E-state index in [4.69, 9.17) is 9.47 Å². The topological polar surface area (TPSA) is 53.4 Å². The second kappa shape index (κ2) is 9.44. The van der Waals surface area contributed by atoms with Gasteiger partial charge in [0.05, 0.1) is 12.7 Å². The van der Waals surface area contributed by atoms with Crippen LogP contribution < -0.4 is 4.74 Å². The summed E-state index contributed by atoms with van der Waals surface area (Å²) in [6.07, 6.45) is 1.89. The van der Waals surface area contributed by atoms with Gasteiger partial charge in [0.1, 0.15) is 17.5 Å². The van der Waals surface area contributed by atoms with Crippen LogP contribution in [0.25, 0.3) is 22.0 Å². The maximum atomic E-state index is 14.8. The molecule has 9 heteroatoms. The van der Waals surface area contributed by atoms with Gasteiger partial charge in [0.15, 0.2) is 0 Å². The molecule has 1 aliphatic carbocycles. The predicted octanol–water partition coefficient (Wildman–Crippen LogP) is 6.77. The molecule has 5 nitrogen and oxygen atoms in total. The van der Waals surface area contributed by atoms with Gasteiger partial charge < -0.3 is 14.0 Å². The molecule has 2 atom stereocenters. The first-order valence-electron chi connectivity index (χ1n) is 11.4. The van der Waals surface area contributed by atoms with E-state index in [0.29, 0.717) is 11.1 Å². The maximum Gasteiger partial charge on any atom is 0.416 e. The van der Waals surface area contributed by atoms with Crippen molar-refractivity contribution in [2.24, 2.45) is 5.92 Å². The van der Waals surface area contributed by atoms with Gasteiger partial charge in [0, 0.05) is 40.7 Å². The van der Waals surface area contributed by atoms with E-state index < -0.39 is 35.4 Å². The fourth-order valence-electron chi connectivity index (χ4n) is 4.27. The number of hydrogen-bond acceptors (Lipinski definition) is 4. The van der Waals surface area contributed by atoms with Crippen molar-refractivity contribution in [3.8, 4) is 17.0 Å². The number of carbonyl (C=O) groups excluding carboxylic acids is 1. The fraction of sp³-hybridized carbons (Fsp3) is 0.333. The number of allylic oxidation sites excluding steroid dienone is 4. The zero-order valence-corrected chi connectivity index (χ0v) is 20.3. The Balaban J connectivity index is 2.07. The number of carbonyl (C=O) groups is 1. The van der Waals surface area contributed by atoms with Crippen LogP contribution in [0.2, 0.25) is 0 Å². The van der Waals surface area contributed by atoms with Crippen molar-refractivity contribution in [3.63, 3.8) is 0 Å². The summed E-state index contributed by atoms with van der Waals surface area (Å²) in [5, 5.41) is 0.155. The number of fused-ring (bicyclic) bond motifs is 1. The van der Waals surface area contributed by atoms with E-state index in [1.165, 1.54) is 30.0 Å². The van der Waals surface area contributed by atoms with Crippen LogP contribution in [0.3, 0.4) is 0 Å². The summed E-state index contributed by atoms with van der Waals surface area (Å²) in [6, 6.07) is 6.45. The predicted molar refractivity (Wildman–Crippen MR) is 129 cm³/mol. The van der Waals surface area contributed by atoms with Gasteiger partial charge in [-0.3, -0.25) is 0 Å². The van der Waals surface area contributed by atoms with Gasteiger partial charge in [0.25, 0.3) is 0 Å². The Morgan fingerprint density at radius 1 is 1.11 bits per heavy atom. The molecule has 0 N–H and O–H groups in total. The Labute approximate surface area is 206 Å². The molecular weight excluding hydrogens is 476 g/mol. The number of rotatable bonds is 5. The Morgan fingerprint density at radius 2 is 1.83 bits per heavy atom. The molecule has 0 bridgehead atoms. The number of benzene rings is 1. The lowest BCUT2D eigenvalue weighted by molar-refractivity contribution is -0.137. The first-order valence-corrected chi connectivity index (χ1v) is 11.4. The van der Waals surface area contributed by atoms with E-state index in [9.17, 15) is 22.4 Å². The summed E-state index contributed by atoms with van der Waals surface area (Å²) < 4.78 is 68.5. The highest BCUT2D eigenvalue weighted by Crippen LogP contribution is 2.42. The SMILES string of the molecule is COc1ncccc1-c1c(C(=O)OC(C)(C)C)n(CC2C=CC=CC2F)c2ccc(C(F)(F)F)cc12. The molecule has 1 aliphatic rings. The van der Waals surface area contributed by atoms with Gasteiger partial charge in [-0.05, 0) is 51.1 Å². The molecular formula is C27H26F4N2O3. The van der Waals surface area contributed by atoms with E-state index >= 15 is 0 Å². The minimum absolute atomic E-state index is 0.000651. The van der Waals surface area contributed by atoms with Crippen LogP contribution in [0.15, 0.2) is 60.8 Å². The lowest BCUT2D eigenvalue weighted by Gasteiger charge is -2.23. The summed E-state index contributed by atoms with van der Waals surface area (Å²) in [7, 11) is 1.38. The van der Waals surface area contributed by atoms with Crippen molar-refractivity contribution >= 4 is 16.9 Å². The number of alkyl halides is 4. The highest BCUT2D eigenvalue weighted by molar-refractivity contribution is 6.09. The van der Waals surface area contributed by atoms with E-state index in [2.05, 4.69) is 4.98 Å². The lowest BCUT2D eigenvalue weighted by atomic mass is 9.98. The molecule has 0 fully saturated rings. The number of pyridine rings is 1. The monoisotopic (exact) mass is 502 g/mol. The third kappa shape index (κ3) is 5.01. The molecule has 0 radical (unpaired) electrons. The first kappa shape index (κ1) is 25.5. The molecule has 0 spiro atoms. The summed E-state index contributed by atoms with van der Waals surface area (Å²) in [6.45, 7) is 5.07. The van der Waals surface area contributed by atoms with Crippen LogP contribution in [0.4, 0.5) is 17.6 Å². The Kier molecular flexibility index (Phi) is 6.68. The Hall–Kier alpha value is -3.62. The van der Waals surface area contributed by atoms with E-state index in [0.717, 1.165) is 12.1 Å². The van der Waals surface area contributed by atoms with Crippen molar-refractivity contribution in [1.29, 1.82) is 0 Å². The molecule has 36 heavy (non-hydrogen) atoms. The van der Waals surface area contributed by atoms with Gasteiger partial charge >= 0.3 is 12.1 Å². The highest BCUT2D eigenvalue weighted by Gasteiger charge is 2.35. The average Bonchev–Trinajstić information content (AvgIpc) is 3.12. The van der Waals surface area contributed by atoms with Crippen LogP contribution in [-0.2, 0) is 17.5 Å². The summed E-state index contributed by atoms with van der Waals surface area (Å²) in [5.74, 6) is -1.26. The van der Waals surface area contributed by atoms with Crippen molar-refractivity contribution in [2.45, 2.75) is 45.3 Å². The number of aromatic nitrogens is 2. The van der Waals surface area contributed by atoms with E-state index in [1.54, 1.807) is 51.1 Å². The summed E-state index contributed by atoms with van der Waals surface area (Å²) in [5.41, 5.74) is -0.931. The highest BCUT2D eigenvalue weighted by atomic mass is 19.4. The quantitative estimate of drug-likeness (QED) is 0.286. The summed E-state index contributed by atoms with van der Waals surface area (Å²) in [4.78, 5) is 17.8. The second-order valence-electron chi connectivity index (χ2n) is 9.50. The van der Waals surface area contributed by atoms with Crippen LogP contribution in [-0.4, -0.2) is 34.4 Å². The molecule has 0 amide bonds. The minimum Gasteiger partial charge on any atom is -0.481 e. The number of esters is 1. The lowest BCUT2D eigenvalue weighted by Crippen LogP contribution is -2.27. The Bertz CT molecular complexity index is 1350. The number of methoxy groups -OCH3 is 1. The molecule has 0 aliphatic heterocycles. The van der Waals surface area contributed by atoms with Crippen LogP contribution >= 0.6 is 0 Å². The Morgan fingerprint density at radius 3 is 2.47 bits per heavy atom. The van der Waals surface area contributed by atoms with Crippen molar-refractivity contribution in [3.05, 3.63) is 72.1 Å².